The van der Waals surface area contributed by atoms with E-state index in [1.807, 2.05) is 18.3 Å². The Labute approximate surface area is 147 Å². The number of thiophene rings is 1. The molecule has 0 bridgehead atoms. The second-order valence-electron chi connectivity index (χ2n) is 6.02. The molecule has 0 aliphatic carbocycles. The summed E-state index contributed by atoms with van der Waals surface area (Å²) in [6.07, 6.45) is 6.88. The van der Waals surface area contributed by atoms with Gasteiger partial charge in [-0.3, -0.25) is 9.88 Å². The van der Waals surface area contributed by atoms with E-state index in [1.165, 1.54) is 17.7 Å². The predicted octanol–water partition coefficient (Wildman–Crippen LogP) is 2.82. The van der Waals surface area contributed by atoms with E-state index in [-0.39, 0.29) is 12.1 Å². The molecule has 1 unspecified atom stereocenters. The highest BCUT2D eigenvalue weighted by Gasteiger charge is 2.24. The number of hydrogen-bond donors (Lipinski definition) is 2. The molecule has 0 radical (unpaired) electrons. The van der Waals surface area contributed by atoms with Crippen LogP contribution in [0.2, 0.25) is 0 Å². The number of carbonyl (C=O) groups is 1. The zero-order valence-corrected chi connectivity index (χ0v) is 14.6. The molecule has 2 amide bonds. The van der Waals surface area contributed by atoms with E-state index in [0.717, 1.165) is 25.1 Å². The molecule has 1 aliphatic heterocycles. The summed E-state index contributed by atoms with van der Waals surface area (Å²) in [7, 11) is 0. The van der Waals surface area contributed by atoms with Crippen molar-refractivity contribution in [3.05, 3.63) is 52.5 Å². The van der Waals surface area contributed by atoms with Crippen molar-refractivity contribution >= 4 is 17.4 Å². The fourth-order valence-corrected chi connectivity index (χ4v) is 3.92. The van der Waals surface area contributed by atoms with Gasteiger partial charge in [0, 0.05) is 30.4 Å². The third kappa shape index (κ3) is 4.79. The van der Waals surface area contributed by atoms with Crippen LogP contribution in [0.5, 0.6) is 0 Å². The van der Waals surface area contributed by atoms with Crippen molar-refractivity contribution < 1.29 is 4.79 Å². The molecule has 2 aromatic rings. The smallest absolute Gasteiger partial charge is 0.314 e. The van der Waals surface area contributed by atoms with E-state index >= 15 is 0 Å². The molecule has 0 spiro atoms. The second-order valence-corrected chi connectivity index (χ2v) is 7.00. The lowest BCUT2D eigenvalue weighted by molar-refractivity contribution is 0.222. The van der Waals surface area contributed by atoms with Gasteiger partial charge in [0.15, 0.2) is 0 Å². The first kappa shape index (κ1) is 16.9. The Balaban J connectivity index is 1.44. The molecule has 5 nitrogen and oxygen atoms in total. The minimum Gasteiger partial charge on any atom is -0.338 e. The van der Waals surface area contributed by atoms with Crippen LogP contribution in [0.15, 0.2) is 42.0 Å². The van der Waals surface area contributed by atoms with Crippen LogP contribution in [-0.4, -0.2) is 42.1 Å². The molecule has 0 aromatic carbocycles. The maximum absolute atomic E-state index is 12.1. The zero-order chi connectivity index (χ0) is 16.6. The summed E-state index contributed by atoms with van der Waals surface area (Å²) < 4.78 is 0. The molecule has 3 heterocycles. The number of nitrogens with zero attached hydrogens (tertiary/aromatic N) is 2. The number of urea groups is 1. The molecule has 2 N–H and O–H groups in total. The van der Waals surface area contributed by atoms with Gasteiger partial charge in [-0.15, -0.1) is 11.3 Å². The van der Waals surface area contributed by atoms with Crippen LogP contribution in [0.3, 0.4) is 0 Å². The summed E-state index contributed by atoms with van der Waals surface area (Å²) in [5.41, 5.74) is 1.13. The van der Waals surface area contributed by atoms with Crippen molar-refractivity contribution in [2.75, 3.05) is 26.2 Å². The van der Waals surface area contributed by atoms with Gasteiger partial charge in [-0.05, 0) is 55.4 Å². The van der Waals surface area contributed by atoms with E-state index in [0.29, 0.717) is 13.1 Å². The van der Waals surface area contributed by atoms with Crippen LogP contribution in [0, 0.1) is 0 Å². The first-order valence-electron chi connectivity index (χ1n) is 8.51. The van der Waals surface area contributed by atoms with E-state index in [9.17, 15) is 4.79 Å². The van der Waals surface area contributed by atoms with Crippen molar-refractivity contribution in [1.29, 1.82) is 0 Å². The second kappa shape index (κ2) is 8.80. The molecule has 1 fully saturated rings. The lowest BCUT2D eigenvalue weighted by atomic mass is 10.2. The van der Waals surface area contributed by atoms with Gasteiger partial charge in [-0.2, -0.15) is 0 Å². The maximum Gasteiger partial charge on any atom is 0.314 e. The standard InChI is InChI=1S/C18H24N4OS/c23-18(20-9-7-15-5-3-8-19-13-15)21-14-16(17-6-4-12-24-17)22-10-1-2-11-22/h3-6,8,12-13,16H,1-2,7,9-11,14H2,(H2,20,21,23). The van der Waals surface area contributed by atoms with Crippen LogP contribution >= 0.6 is 11.3 Å². The minimum atomic E-state index is -0.0976. The number of pyridine rings is 1. The summed E-state index contributed by atoms with van der Waals surface area (Å²) in [6.45, 7) is 3.50. The molecular formula is C18H24N4OS. The van der Waals surface area contributed by atoms with E-state index < -0.39 is 0 Å². The van der Waals surface area contributed by atoms with Gasteiger partial charge < -0.3 is 10.6 Å². The normalized spacial score (nSPS) is 16.0. The lowest BCUT2D eigenvalue weighted by Crippen LogP contribution is -2.41. The third-order valence-corrected chi connectivity index (χ3v) is 5.30. The molecular weight excluding hydrogens is 320 g/mol. The van der Waals surface area contributed by atoms with Gasteiger partial charge >= 0.3 is 6.03 Å². The van der Waals surface area contributed by atoms with Crippen LogP contribution in [0.4, 0.5) is 4.79 Å². The van der Waals surface area contributed by atoms with Crippen LogP contribution in [0.25, 0.3) is 0 Å². The Bertz CT molecular complexity index is 611. The van der Waals surface area contributed by atoms with Gasteiger partial charge in [0.25, 0.3) is 0 Å². The van der Waals surface area contributed by atoms with Gasteiger partial charge in [0.1, 0.15) is 0 Å². The van der Waals surface area contributed by atoms with Crippen LogP contribution in [-0.2, 0) is 6.42 Å². The summed E-state index contributed by atoms with van der Waals surface area (Å²) >= 11 is 1.76. The Kier molecular flexibility index (Phi) is 6.20. The summed E-state index contributed by atoms with van der Waals surface area (Å²) in [4.78, 5) is 20.0. The SMILES string of the molecule is O=C(NCCc1cccnc1)NCC(c1cccs1)N1CCCC1. The predicted molar refractivity (Wildman–Crippen MR) is 97.2 cm³/mol. The molecule has 2 aromatic heterocycles. The van der Waals surface area contributed by atoms with Crippen molar-refractivity contribution in [3.8, 4) is 0 Å². The van der Waals surface area contributed by atoms with E-state index in [4.69, 9.17) is 0 Å². The number of likely N-dealkylation sites (tertiary alicyclic amines) is 1. The maximum atomic E-state index is 12.1. The highest BCUT2D eigenvalue weighted by Crippen LogP contribution is 2.27. The fraction of sp³-hybridized carbons (Fsp3) is 0.444. The Morgan fingerprint density at radius 1 is 1.25 bits per heavy atom. The minimum absolute atomic E-state index is 0.0976. The largest absolute Gasteiger partial charge is 0.338 e. The molecule has 1 saturated heterocycles. The first-order chi connectivity index (χ1) is 11.8. The van der Waals surface area contributed by atoms with Crippen molar-refractivity contribution in [3.63, 3.8) is 0 Å². The fourth-order valence-electron chi connectivity index (χ4n) is 3.06. The summed E-state index contributed by atoms with van der Waals surface area (Å²) in [6, 6.07) is 8.37. The Morgan fingerprint density at radius 2 is 2.12 bits per heavy atom. The average molecular weight is 344 g/mol. The molecule has 3 rings (SSSR count). The number of rotatable bonds is 7. The topological polar surface area (TPSA) is 57.3 Å². The number of amides is 2. The molecule has 6 heteroatoms. The van der Waals surface area contributed by atoms with Crippen molar-refractivity contribution in [2.45, 2.75) is 25.3 Å². The van der Waals surface area contributed by atoms with Crippen molar-refractivity contribution in [1.82, 2.24) is 20.5 Å². The van der Waals surface area contributed by atoms with Gasteiger partial charge in [0.2, 0.25) is 0 Å². The van der Waals surface area contributed by atoms with Crippen molar-refractivity contribution in [2.24, 2.45) is 0 Å². The number of aromatic nitrogens is 1. The molecule has 128 valence electrons. The highest BCUT2D eigenvalue weighted by atomic mass is 32.1. The van der Waals surface area contributed by atoms with Gasteiger partial charge in [0.05, 0.1) is 6.04 Å². The third-order valence-electron chi connectivity index (χ3n) is 4.33. The zero-order valence-electron chi connectivity index (χ0n) is 13.8. The van der Waals surface area contributed by atoms with E-state index in [1.54, 1.807) is 17.5 Å². The summed E-state index contributed by atoms with van der Waals surface area (Å²) in [5, 5.41) is 8.07. The molecule has 1 atom stereocenters. The monoisotopic (exact) mass is 344 g/mol. The van der Waals surface area contributed by atoms with Gasteiger partial charge in [-0.25, -0.2) is 4.79 Å². The highest BCUT2D eigenvalue weighted by molar-refractivity contribution is 7.10. The number of hydrogen-bond acceptors (Lipinski definition) is 4. The quantitative estimate of drug-likeness (QED) is 0.812. The van der Waals surface area contributed by atoms with Crippen LogP contribution in [0.1, 0.15) is 29.3 Å². The summed E-state index contributed by atoms with van der Waals surface area (Å²) in [5.74, 6) is 0. The average Bonchev–Trinajstić information content (AvgIpc) is 3.30. The molecule has 1 aliphatic rings. The Hall–Kier alpha value is -1.92. The number of nitrogens with one attached hydrogen (secondary N) is 2. The molecule has 24 heavy (non-hydrogen) atoms. The molecule has 0 saturated carbocycles. The number of carbonyl (C=O) groups excluding carboxylic acids is 1. The lowest BCUT2D eigenvalue weighted by Gasteiger charge is -2.26. The Morgan fingerprint density at radius 3 is 2.83 bits per heavy atom. The van der Waals surface area contributed by atoms with Gasteiger partial charge in [-0.1, -0.05) is 12.1 Å². The first-order valence-corrected chi connectivity index (χ1v) is 9.39. The van der Waals surface area contributed by atoms with E-state index in [2.05, 4.69) is 38.0 Å². The van der Waals surface area contributed by atoms with Crippen LogP contribution < -0.4 is 10.6 Å².